The van der Waals surface area contributed by atoms with E-state index in [2.05, 4.69) is 15.6 Å². The number of carbonyl (C=O) groups excluding carboxylic acids is 1. The van der Waals surface area contributed by atoms with Gasteiger partial charge < -0.3 is 16.4 Å². The molecular formula is C23H20ClN5O5S. The number of nitrogens with one attached hydrogen (secondary N) is 2. The van der Waals surface area contributed by atoms with Gasteiger partial charge in [-0.05, 0) is 49.4 Å². The molecule has 0 fully saturated rings. The normalized spacial score (nSPS) is 12.3. The van der Waals surface area contributed by atoms with Crippen molar-refractivity contribution in [1.29, 1.82) is 0 Å². The second kappa shape index (κ2) is 9.47. The van der Waals surface area contributed by atoms with Crippen LogP contribution in [0.2, 0.25) is 5.02 Å². The lowest BCUT2D eigenvalue weighted by Gasteiger charge is -2.17. The first-order valence-electron chi connectivity index (χ1n) is 10.3. The minimum atomic E-state index is -4.54. The molecule has 10 nitrogen and oxygen atoms in total. The number of rotatable bonds is 5. The number of fused-ring (bicyclic) bond motifs is 1. The molecule has 1 atom stereocenters. The predicted octanol–water partition coefficient (Wildman–Crippen LogP) is 3.95. The summed E-state index contributed by atoms with van der Waals surface area (Å²) in [6.45, 7) is 1.69. The highest BCUT2D eigenvalue weighted by Crippen LogP contribution is 2.24. The number of benzene rings is 3. The van der Waals surface area contributed by atoms with Gasteiger partial charge >= 0.3 is 6.03 Å². The van der Waals surface area contributed by atoms with Crippen molar-refractivity contribution in [2.45, 2.75) is 17.9 Å². The number of hydrogen-bond donors (Lipinski definition) is 4. The zero-order valence-electron chi connectivity index (χ0n) is 18.3. The monoisotopic (exact) mass is 513 g/mol. The van der Waals surface area contributed by atoms with Crippen molar-refractivity contribution in [3.63, 3.8) is 0 Å². The molecule has 5 N–H and O–H groups in total. The van der Waals surface area contributed by atoms with Gasteiger partial charge in [-0.1, -0.05) is 35.9 Å². The van der Waals surface area contributed by atoms with E-state index in [1.165, 1.54) is 28.8 Å². The number of aromatic nitrogens is 2. The minimum Gasteiger partial charge on any atom is -0.322 e. The fourth-order valence-corrected chi connectivity index (χ4v) is 4.46. The van der Waals surface area contributed by atoms with E-state index in [9.17, 15) is 22.6 Å². The molecule has 1 unspecified atom stereocenters. The third-order valence-corrected chi connectivity index (χ3v) is 6.28. The highest BCUT2D eigenvalue weighted by atomic mass is 35.5. The molecule has 0 saturated carbocycles. The third-order valence-electron chi connectivity index (χ3n) is 5.06. The molecule has 2 amide bonds. The topological polar surface area (TPSA) is 156 Å². The van der Waals surface area contributed by atoms with Crippen LogP contribution < -0.4 is 21.9 Å². The van der Waals surface area contributed by atoms with Gasteiger partial charge in [0.2, 0.25) is 0 Å². The summed E-state index contributed by atoms with van der Waals surface area (Å²) in [6.07, 6.45) is 0. The van der Waals surface area contributed by atoms with E-state index in [1.54, 1.807) is 43.3 Å². The number of nitrogens with zero attached hydrogens (tertiary/aromatic N) is 2. The maximum atomic E-state index is 13.4. The number of carbonyl (C=O) groups is 1. The highest BCUT2D eigenvalue weighted by molar-refractivity contribution is 7.86. The fourth-order valence-electron chi connectivity index (χ4n) is 3.56. The summed E-state index contributed by atoms with van der Waals surface area (Å²) in [4.78, 5) is 30.0. The largest absolute Gasteiger partial charge is 0.323 e. The number of para-hydroxylation sites is 1. The first kappa shape index (κ1) is 24.4. The van der Waals surface area contributed by atoms with Crippen molar-refractivity contribution in [3.8, 4) is 5.69 Å². The van der Waals surface area contributed by atoms with Gasteiger partial charge in [-0.25, -0.2) is 9.78 Å². The van der Waals surface area contributed by atoms with Gasteiger partial charge in [-0.2, -0.15) is 8.42 Å². The van der Waals surface area contributed by atoms with Crippen molar-refractivity contribution in [1.82, 2.24) is 9.55 Å². The van der Waals surface area contributed by atoms with E-state index in [4.69, 9.17) is 17.3 Å². The third kappa shape index (κ3) is 5.03. The van der Waals surface area contributed by atoms with Crippen molar-refractivity contribution < 1.29 is 17.8 Å². The maximum Gasteiger partial charge on any atom is 0.323 e. The van der Waals surface area contributed by atoms with Crippen molar-refractivity contribution >= 4 is 50.0 Å². The van der Waals surface area contributed by atoms with Crippen molar-refractivity contribution in [2.75, 3.05) is 10.6 Å². The highest BCUT2D eigenvalue weighted by Gasteiger charge is 2.19. The van der Waals surface area contributed by atoms with E-state index in [0.29, 0.717) is 22.7 Å². The molecule has 0 aliphatic rings. The van der Waals surface area contributed by atoms with E-state index in [-0.39, 0.29) is 16.1 Å². The summed E-state index contributed by atoms with van der Waals surface area (Å²) in [5.74, 6) is 0.299. The maximum absolute atomic E-state index is 13.4. The van der Waals surface area contributed by atoms with E-state index >= 15 is 0 Å². The lowest BCUT2D eigenvalue weighted by atomic mass is 10.2. The average Bonchev–Trinajstić information content (AvgIpc) is 2.78. The number of urea groups is 1. The standard InChI is InChI=1S/C23H20ClN5O5S/c1-13(25)21-27-18-10-5-8-16(24)20(18)22(30)29(21)15-7-4-6-14(12-15)26-23(31)28-17-9-2-3-11-19(17)35(32,33)34/h2-13H,25H2,1H3,(H2,26,28,31)(H,32,33,34). The van der Waals surface area contributed by atoms with Gasteiger partial charge in [0.05, 0.1) is 33.3 Å². The van der Waals surface area contributed by atoms with Crippen LogP contribution in [0.5, 0.6) is 0 Å². The molecule has 12 heteroatoms. The lowest BCUT2D eigenvalue weighted by molar-refractivity contribution is 0.262. The van der Waals surface area contributed by atoms with Gasteiger partial charge in [-0.15, -0.1) is 0 Å². The van der Waals surface area contributed by atoms with Crippen LogP contribution in [0, 0.1) is 0 Å². The van der Waals surface area contributed by atoms with E-state index in [0.717, 1.165) is 6.07 Å². The Morgan fingerprint density at radius 2 is 1.80 bits per heavy atom. The molecule has 0 aliphatic carbocycles. The van der Waals surface area contributed by atoms with Crippen LogP contribution in [0.15, 0.2) is 76.4 Å². The Kier molecular flexibility index (Phi) is 6.59. The lowest BCUT2D eigenvalue weighted by Crippen LogP contribution is -2.28. The van der Waals surface area contributed by atoms with E-state index in [1.807, 2.05) is 0 Å². The summed E-state index contributed by atoms with van der Waals surface area (Å²) in [6, 6.07) is 15.4. The molecule has 4 rings (SSSR count). The molecule has 35 heavy (non-hydrogen) atoms. The Hall–Kier alpha value is -3.77. The molecule has 0 bridgehead atoms. The zero-order valence-corrected chi connectivity index (χ0v) is 19.8. The number of nitrogens with two attached hydrogens (primary N) is 1. The number of anilines is 2. The second-order valence-electron chi connectivity index (χ2n) is 7.63. The molecule has 4 aromatic rings. The van der Waals surface area contributed by atoms with Crippen molar-refractivity contribution in [3.05, 3.63) is 87.9 Å². The molecule has 1 heterocycles. The van der Waals surface area contributed by atoms with Gasteiger partial charge in [0.25, 0.3) is 15.7 Å². The second-order valence-corrected chi connectivity index (χ2v) is 9.43. The van der Waals surface area contributed by atoms with Crippen LogP contribution >= 0.6 is 11.6 Å². The Morgan fingerprint density at radius 3 is 2.51 bits per heavy atom. The Morgan fingerprint density at radius 1 is 1.09 bits per heavy atom. The molecule has 180 valence electrons. The fraction of sp³-hybridized carbons (Fsp3) is 0.0870. The van der Waals surface area contributed by atoms with Gasteiger partial charge in [0.1, 0.15) is 10.7 Å². The molecule has 0 radical (unpaired) electrons. The van der Waals surface area contributed by atoms with Gasteiger partial charge in [-0.3, -0.25) is 13.9 Å². The van der Waals surface area contributed by atoms with Crippen LogP contribution in [-0.2, 0) is 10.1 Å². The summed E-state index contributed by atoms with van der Waals surface area (Å²) in [7, 11) is -4.54. The number of hydrogen-bond acceptors (Lipinski definition) is 6. The Balaban J connectivity index is 1.71. The minimum absolute atomic E-state index is 0.104. The summed E-state index contributed by atoms with van der Waals surface area (Å²) in [5, 5.41) is 5.45. The van der Waals surface area contributed by atoms with Crippen LogP contribution in [0.3, 0.4) is 0 Å². The smallest absolute Gasteiger partial charge is 0.322 e. The summed E-state index contributed by atoms with van der Waals surface area (Å²) >= 11 is 6.27. The molecule has 1 aromatic heterocycles. The number of amides is 2. The first-order valence-corrected chi connectivity index (χ1v) is 12.1. The first-order chi connectivity index (χ1) is 16.6. The SMILES string of the molecule is CC(N)c1nc2cccc(Cl)c2c(=O)n1-c1cccc(NC(=O)Nc2ccccc2S(=O)(=O)O)c1. The van der Waals surface area contributed by atoms with Gasteiger partial charge in [0, 0.05) is 5.69 Å². The number of halogens is 1. The Bertz CT molecular complexity index is 1620. The van der Waals surface area contributed by atoms with Gasteiger partial charge in [0.15, 0.2) is 0 Å². The Labute approximate surface area is 205 Å². The van der Waals surface area contributed by atoms with Crippen LogP contribution in [-0.4, -0.2) is 28.6 Å². The molecule has 0 saturated heterocycles. The summed E-state index contributed by atoms with van der Waals surface area (Å²) in [5.41, 5.74) is 6.67. The van der Waals surface area contributed by atoms with E-state index < -0.39 is 32.6 Å². The average molecular weight is 514 g/mol. The molecule has 0 spiro atoms. The molecule has 0 aliphatic heterocycles. The summed E-state index contributed by atoms with van der Waals surface area (Å²) < 4.78 is 33.8. The van der Waals surface area contributed by atoms with Crippen LogP contribution in [0.1, 0.15) is 18.8 Å². The van der Waals surface area contributed by atoms with Crippen molar-refractivity contribution in [2.24, 2.45) is 5.73 Å². The predicted molar refractivity (Wildman–Crippen MR) is 134 cm³/mol. The zero-order chi connectivity index (χ0) is 25.3. The molecular weight excluding hydrogens is 494 g/mol. The van der Waals surface area contributed by atoms with Crippen LogP contribution in [0.4, 0.5) is 16.2 Å². The quantitative estimate of drug-likeness (QED) is 0.294. The molecule has 3 aromatic carbocycles. The van der Waals surface area contributed by atoms with Crippen LogP contribution in [0.25, 0.3) is 16.6 Å².